The number of fused-ring (bicyclic) bond motifs is 1. The number of pyridine rings is 2. The van der Waals surface area contributed by atoms with E-state index in [2.05, 4.69) is 87.0 Å². The third-order valence-electron chi connectivity index (χ3n) is 8.80. The highest BCUT2D eigenvalue weighted by molar-refractivity contribution is 9.10. The fourth-order valence-electron chi connectivity index (χ4n) is 6.28. The van der Waals surface area contributed by atoms with Crippen molar-refractivity contribution in [3.63, 3.8) is 0 Å². The average Bonchev–Trinajstić information content (AvgIpc) is 3.07. The highest BCUT2D eigenvalue weighted by Crippen LogP contribution is 2.38. The van der Waals surface area contributed by atoms with Crippen LogP contribution in [-0.2, 0) is 16.4 Å². The Bertz CT molecular complexity index is 1840. The molecular weight excluding hydrogens is 684 g/mol. The number of aryl methyl sites for hydroxylation is 1. The van der Waals surface area contributed by atoms with Crippen molar-refractivity contribution < 1.29 is 13.2 Å². The molecule has 3 N–H and O–H groups in total. The summed E-state index contributed by atoms with van der Waals surface area (Å²) in [5.41, 5.74) is 4.79. The number of rotatable bonds is 10. The SMILES string of the molecule is CCc1cc(Nc2ncc(Br)c(Nc3cnc4cccnc4c3NS(C)(=O)=O)n2)c(OC)cc1N1CCC(N2CCN(C)CC2)CC1. The highest BCUT2D eigenvalue weighted by Gasteiger charge is 2.28. The second-order valence-electron chi connectivity index (χ2n) is 12.0. The second kappa shape index (κ2) is 14.1. The van der Waals surface area contributed by atoms with Gasteiger partial charge >= 0.3 is 0 Å². The van der Waals surface area contributed by atoms with E-state index in [9.17, 15) is 8.42 Å². The lowest BCUT2D eigenvalue weighted by Crippen LogP contribution is -2.52. The van der Waals surface area contributed by atoms with Gasteiger partial charge in [-0.15, -0.1) is 0 Å². The van der Waals surface area contributed by atoms with Gasteiger partial charge in [0.25, 0.3) is 0 Å². The van der Waals surface area contributed by atoms with Crippen molar-refractivity contribution in [2.75, 3.05) is 79.9 Å². The number of benzene rings is 1. The fourth-order valence-corrected chi connectivity index (χ4v) is 7.15. The predicted molar refractivity (Wildman–Crippen MR) is 191 cm³/mol. The third kappa shape index (κ3) is 7.69. The molecule has 2 aliphatic rings. The molecule has 6 rings (SSSR count). The third-order valence-corrected chi connectivity index (χ3v) is 9.95. The smallest absolute Gasteiger partial charge is 0.229 e. The summed E-state index contributed by atoms with van der Waals surface area (Å²) in [5.74, 6) is 1.44. The average molecular weight is 726 g/mol. The summed E-state index contributed by atoms with van der Waals surface area (Å²) >= 11 is 3.52. The minimum Gasteiger partial charge on any atom is -0.494 e. The van der Waals surface area contributed by atoms with Crippen LogP contribution in [0, 0.1) is 0 Å². The van der Waals surface area contributed by atoms with Gasteiger partial charge in [0, 0.05) is 69.5 Å². The van der Waals surface area contributed by atoms with E-state index in [1.54, 1.807) is 37.8 Å². The summed E-state index contributed by atoms with van der Waals surface area (Å²) in [4.78, 5) is 25.6. The van der Waals surface area contributed by atoms with Crippen molar-refractivity contribution in [1.82, 2.24) is 29.7 Å². The van der Waals surface area contributed by atoms with Gasteiger partial charge in [-0.05, 0) is 66.0 Å². The minimum absolute atomic E-state index is 0.274. The molecule has 2 saturated heterocycles. The number of methoxy groups -OCH3 is 1. The zero-order valence-electron chi connectivity index (χ0n) is 27.1. The molecule has 0 radical (unpaired) electrons. The zero-order chi connectivity index (χ0) is 33.1. The first-order valence-corrected chi connectivity index (χ1v) is 18.5. The molecule has 0 saturated carbocycles. The van der Waals surface area contributed by atoms with Crippen LogP contribution < -0.4 is 25.0 Å². The number of likely N-dealkylation sites (N-methyl/N-ethyl adjacent to an activating group) is 1. The number of nitrogens with zero attached hydrogens (tertiary/aromatic N) is 7. The molecule has 5 heterocycles. The molecule has 2 fully saturated rings. The Balaban J connectivity index is 1.22. The molecule has 2 aliphatic heterocycles. The number of piperazine rings is 1. The van der Waals surface area contributed by atoms with Crippen LogP contribution in [-0.4, -0.2) is 104 Å². The van der Waals surface area contributed by atoms with Crippen LogP contribution in [0.4, 0.5) is 34.5 Å². The first-order valence-electron chi connectivity index (χ1n) is 15.8. The van der Waals surface area contributed by atoms with Gasteiger partial charge in [0.05, 0.1) is 40.9 Å². The van der Waals surface area contributed by atoms with Crippen LogP contribution >= 0.6 is 15.9 Å². The summed E-state index contributed by atoms with van der Waals surface area (Å²) < 4.78 is 33.5. The van der Waals surface area contributed by atoms with Gasteiger partial charge in [-0.3, -0.25) is 19.6 Å². The lowest BCUT2D eigenvalue weighted by Gasteiger charge is -2.43. The molecule has 0 spiro atoms. The highest BCUT2D eigenvalue weighted by atomic mass is 79.9. The Labute approximate surface area is 284 Å². The van der Waals surface area contributed by atoms with Gasteiger partial charge < -0.3 is 25.2 Å². The van der Waals surface area contributed by atoms with Gasteiger partial charge in [0.15, 0.2) is 0 Å². The van der Waals surface area contributed by atoms with Crippen LogP contribution in [0.15, 0.2) is 47.3 Å². The maximum absolute atomic E-state index is 12.3. The van der Waals surface area contributed by atoms with Crippen LogP contribution in [0.3, 0.4) is 0 Å². The van der Waals surface area contributed by atoms with E-state index in [0.29, 0.717) is 44.8 Å². The van der Waals surface area contributed by atoms with Crippen molar-refractivity contribution >= 4 is 71.5 Å². The number of halogens is 1. The number of ether oxygens (including phenoxy) is 1. The zero-order valence-corrected chi connectivity index (χ0v) is 29.5. The Hall–Kier alpha value is -3.79. The number of hydrogen-bond donors (Lipinski definition) is 3. The van der Waals surface area contributed by atoms with Crippen molar-refractivity contribution in [3.8, 4) is 5.75 Å². The predicted octanol–water partition coefficient (Wildman–Crippen LogP) is 4.83. The summed E-state index contributed by atoms with van der Waals surface area (Å²) in [7, 11) is 0.258. The lowest BCUT2D eigenvalue weighted by molar-refractivity contribution is 0.0982. The number of anilines is 6. The quantitative estimate of drug-likeness (QED) is 0.206. The summed E-state index contributed by atoms with van der Waals surface area (Å²) in [6, 6.07) is 8.39. The molecule has 0 atom stereocenters. The Morgan fingerprint density at radius 1 is 1.00 bits per heavy atom. The molecule has 13 nitrogen and oxygen atoms in total. The van der Waals surface area contributed by atoms with Gasteiger partial charge in [-0.2, -0.15) is 4.98 Å². The normalized spacial score (nSPS) is 16.7. The molecule has 4 aromatic rings. The molecule has 47 heavy (non-hydrogen) atoms. The van der Waals surface area contributed by atoms with E-state index in [1.807, 2.05) is 0 Å². The van der Waals surface area contributed by atoms with Crippen molar-refractivity contribution in [2.45, 2.75) is 32.2 Å². The van der Waals surface area contributed by atoms with E-state index in [4.69, 9.17) is 9.72 Å². The molecule has 0 unspecified atom stereocenters. The number of nitrogens with one attached hydrogen (secondary N) is 3. The maximum atomic E-state index is 12.3. The first-order chi connectivity index (χ1) is 22.6. The standard InChI is InChI=1S/C32H41BrN10O3S/c1-5-21-17-25(28(46-3)18-27(21)43-11-8-22(9-12-43)42-15-13-41(2)14-16-42)38-32-36-19-23(33)31(39-32)37-26-20-35-24-7-6-10-34-29(24)30(26)40-47(4,44)45/h6-7,10,17-20,22H,5,8-9,11-16H2,1-4H3,(H,35,40)(H2,36,37,38,39). The summed E-state index contributed by atoms with van der Waals surface area (Å²) in [6.45, 7) is 8.79. The van der Waals surface area contributed by atoms with Crippen molar-refractivity contribution in [1.29, 1.82) is 0 Å². The monoisotopic (exact) mass is 724 g/mol. The Kier molecular flexibility index (Phi) is 9.96. The Morgan fingerprint density at radius 3 is 2.47 bits per heavy atom. The van der Waals surface area contributed by atoms with Gasteiger partial charge in [0.1, 0.15) is 22.8 Å². The molecule has 0 bridgehead atoms. The van der Waals surface area contributed by atoms with E-state index < -0.39 is 10.0 Å². The first kappa shape index (κ1) is 33.1. The molecule has 3 aromatic heterocycles. The van der Waals surface area contributed by atoms with E-state index in [-0.39, 0.29) is 5.69 Å². The van der Waals surface area contributed by atoms with Gasteiger partial charge in [0.2, 0.25) is 16.0 Å². The van der Waals surface area contributed by atoms with Crippen molar-refractivity contribution in [3.05, 3.63) is 52.9 Å². The van der Waals surface area contributed by atoms with Crippen LogP contribution in [0.2, 0.25) is 0 Å². The minimum atomic E-state index is -3.61. The van der Waals surface area contributed by atoms with Gasteiger partial charge in [-0.1, -0.05) is 6.92 Å². The Morgan fingerprint density at radius 2 is 1.77 bits per heavy atom. The van der Waals surface area contributed by atoms with E-state index in [0.717, 1.165) is 70.5 Å². The van der Waals surface area contributed by atoms with Crippen molar-refractivity contribution in [2.24, 2.45) is 0 Å². The van der Waals surface area contributed by atoms with E-state index >= 15 is 0 Å². The summed E-state index contributed by atoms with van der Waals surface area (Å²) in [6.07, 6.45) is 9.02. The van der Waals surface area contributed by atoms with Crippen LogP contribution in [0.25, 0.3) is 11.0 Å². The topological polar surface area (TPSA) is 141 Å². The second-order valence-corrected chi connectivity index (χ2v) is 14.6. The molecule has 0 amide bonds. The fraction of sp³-hybridized carbons (Fsp3) is 0.438. The molecule has 250 valence electrons. The number of aromatic nitrogens is 4. The van der Waals surface area contributed by atoms with Gasteiger partial charge in [-0.25, -0.2) is 13.4 Å². The van der Waals surface area contributed by atoms with E-state index in [1.165, 1.54) is 11.3 Å². The molecule has 15 heteroatoms. The van der Waals surface area contributed by atoms with Crippen LogP contribution in [0.1, 0.15) is 25.3 Å². The number of piperidine rings is 1. The number of sulfonamides is 1. The largest absolute Gasteiger partial charge is 0.494 e. The lowest BCUT2D eigenvalue weighted by atomic mass is 9.99. The molecule has 0 aliphatic carbocycles. The number of hydrogen-bond acceptors (Lipinski definition) is 12. The maximum Gasteiger partial charge on any atom is 0.229 e. The summed E-state index contributed by atoms with van der Waals surface area (Å²) in [5, 5.41) is 6.54. The molecule has 1 aromatic carbocycles. The van der Waals surface area contributed by atoms with Crippen LogP contribution in [0.5, 0.6) is 5.75 Å². The molecular formula is C32H41BrN10O3S.